The number of hydrogen-bond donors (Lipinski definition) is 1. The molecule has 17 heavy (non-hydrogen) atoms. The van der Waals surface area contributed by atoms with Gasteiger partial charge in [-0.05, 0) is 38.6 Å². The van der Waals surface area contributed by atoms with E-state index >= 15 is 0 Å². The van der Waals surface area contributed by atoms with Crippen LogP contribution in [0.25, 0.3) is 0 Å². The molecular weight excluding hydrogens is 236 g/mol. The maximum Gasteiger partial charge on any atom is 0.262 e. The van der Waals surface area contributed by atoms with Gasteiger partial charge in [-0.3, -0.25) is 0 Å². The summed E-state index contributed by atoms with van der Waals surface area (Å²) in [4.78, 5) is 8.52. The molecule has 90 valence electrons. The average molecular weight is 250 g/mol. The molecule has 0 aliphatic heterocycles. The van der Waals surface area contributed by atoms with Crippen molar-refractivity contribution >= 4 is 11.8 Å². The second-order valence-corrected chi connectivity index (χ2v) is 4.74. The number of aliphatic hydroxyl groups is 1. The number of oxazole rings is 1. The van der Waals surface area contributed by atoms with Crippen LogP contribution < -0.4 is 0 Å². The summed E-state index contributed by atoms with van der Waals surface area (Å²) in [6.45, 7) is 5.49. The Bertz CT molecular complexity index is 503. The monoisotopic (exact) mass is 250 g/mol. The fraction of sp³-hybridized carbons (Fsp3) is 0.333. The van der Waals surface area contributed by atoms with Crippen molar-refractivity contribution in [3.05, 3.63) is 35.3 Å². The SMILES string of the molecule is Cc1nc(Sc2ncccc2C(C)O)oc1C. The number of hydrogen-bond acceptors (Lipinski definition) is 5. The van der Waals surface area contributed by atoms with Gasteiger partial charge >= 0.3 is 0 Å². The Morgan fingerprint density at radius 3 is 2.76 bits per heavy atom. The van der Waals surface area contributed by atoms with Crippen LogP contribution in [-0.2, 0) is 0 Å². The first kappa shape index (κ1) is 12.1. The summed E-state index contributed by atoms with van der Waals surface area (Å²) in [5, 5.41) is 10.9. The highest BCUT2D eigenvalue weighted by Crippen LogP contribution is 2.31. The van der Waals surface area contributed by atoms with E-state index in [0.717, 1.165) is 22.0 Å². The van der Waals surface area contributed by atoms with E-state index in [4.69, 9.17) is 4.42 Å². The van der Waals surface area contributed by atoms with Gasteiger partial charge in [-0.2, -0.15) is 0 Å². The lowest BCUT2D eigenvalue weighted by atomic mass is 10.2. The van der Waals surface area contributed by atoms with Gasteiger partial charge in [0.2, 0.25) is 0 Å². The van der Waals surface area contributed by atoms with Crippen molar-refractivity contribution in [2.75, 3.05) is 0 Å². The van der Waals surface area contributed by atoms with Gasteiger partial charge in [0, 0.05) is 11.8 Å². The quantitative estimate of drug-likeness (QED) is 0.907. The number of nitrogens with zero attached hydrogens (tertiary/aromatic N) is 2. The van der Waals surface area contributed by atoms with Gasteiger partial charge in [0.15, 0.2) is 0 Å². The summed E-state index contributed by atoms with van der Waals surface area (Å²) in [5.41, 5.74) is 1.66. The van der Waals surface area contributed by atoms with E-state index in [9.17, 15) is 5.11 Å². The smallest absolute Gasteiger partial charge is 0.262 e. The van der Waals surface area contributed by atoms with Crippen molar-refractivity contribution in [3.63, 3.8) is 0 Å². The zero-order chi connectivity index (χ0) is 12.4. The average Bonchev–Trinajstić information content (AvgIpc) is 2.58. The Morgan fingerprint density at radius 2 is 2.18 bits per heavy atom. The Balaban J connectivity index is 2.29. The van der Waals surface area contributed by atoms with E-state index in [1.54, 1.807) is 19.2 Å². The third-order valence-corrected chi connectivity index (χ3v) is 3.33. The molecule has 0 aliphatic rings. The summed E-state index contributed by atoms with van der Waals surface area (Å²) in [5.74, 6) is 0.807. The Hall–Kier alpha value is -1.33. The van der Waals surface area contributed by atoms with E-state index in [1.165, 1.54) is 11.8 Å². The van der Waals surface area contributed by atoms with Gasteiger partial charge in [0.1, 0.15) is 10.8 Å². The maximum atomic E-state index is 9.64. The Morgan fingerprint density at radius 1 is 1.41 bits per heavy atom. The molecule has 2 aromatic rings. The second-order valence-electron chi connectivity index (χ2n) is 3.80. The minimum Gasteiger partial charge on any atom is -0.436 e. The molecule has 0 bridgehead atoms. The molecule has 0 fully saturated rings. The van der Waals surface area contributed by atoms with E-state index in [-0.39, 0.29) is 0 Å². The molecule has 0 spiro atoms. The lowest BCUT2D eigenvalue weighted by molar-refractivity contribution is 0.195. The first-order chi connectivity index (χ1) is 8.08. The summed E-state index contributed by atoms with van der Waals surface area (Å²) in [6, 6.07) is 3.65. The first-order valence-corrected chi connectivity index (χ1v) is 6.14. The van der Waals surface area contributed by atoms with E-state index in [2.05, 4.69) is 9.97 Å². The van der Waals surface area contributed by atoms with Crippen LogP contribution in [0, 0.1) is 13.8 Å². The van der Waals surface area contributed by atoms with E-state index in [0.29, 0.717) is 5.22 Å². The second kappa shape index (κ2) is 4.89. The molecule has 2 heterocycles. The molecule has 4 nitrogen and oxygen atoms in total. The van der Waals surface area contributed by atoms with E-state index < -0.39 is 6.10 Å². The van der Waals surface area contributed by atoms with Gasteiger partial charge in [-0.25, -0.2) is 9.97 Å². The predicted octanol–water partition coefficient (Wildman–Crippen LogP) is 2.89. The largest absolute Gasteiger partial charge is 0.436 e. The van der Waals surface area contributed by atoms with Crippen LogP contribution in [0.2, 0.25) is 0 Å². The highest BCUT2D eigenvalue weighted by Gasteiger charge is 2.13. The number of aliphatic hydroxyl groups excluding tert-OH is 1. The molecule has 0 aliphatic carbocycles. The highest BCUT2D eigenvalue weighted by atomic mass is 32.2. The van der Waals surface area contributed by atoms with Crippen molar-refractivity contribution in [1.82, 2.24) is 9.97 Å². The van der Waals surface area contributed by atoms with Gasteiger partial charge < -0.3 is 9.52 Å². The molecule has 1 atom stereocenters. The number of aromatic nitrogens is 2. The van der Waals surface area contributed by atoms with Gasteiger partial charge in [-0.1, -0.05) is 6.07 Å². The zero-order valence-electron chi connectivity index (χ0n) is 9.97. The van der Waals surface area contributed by atoms with Crippen LogP contribution in [-0.4, -0.2) is 15.1 Å². The van der Waals surface area contributed by atoms with Gasteiger partial charge in [0.05, 0.1) is 11.8 Å². The molecule has 0 amide bonds. The van der Waals surface area contributed by atoms with Crippen LogP contribution in [0.4, 0.5) is 0 Å². The third-order valence-electron chi connectivity index (χ3n) is 2.44. The van der Waals surface area contributed by atoms with Crippen LogP contribution in [0.5, 0.6) is 0 Å². The van der Waals surface area contributed by atoms with E-state index in [1.807, 2.05) is 19.9 Å². The van der Waals surface area contributed by atoms with Gasteiger partial charge in [-0.15, -0.1) is 0 Å². The number of pyridine rings is 1. The maximum absolute atomic E-state index is 9.64. The number of aryl methyl sites for hydroxylation is 2. The molecule has 0 saturated carbocycles. The van der Waals surface area contributed by atoms with Crippen LogP contribution in [0.15, 0.2) is 33.0 Å². The molecular formula is C12H14N2O2S. The highest BCUT2D eigenvalue weighted by molar-refractivity contribution is 7.99. The summed E-state index contributed by atoms with van der Waals surface area (Å²) in [7, 11) is 0. The van der Waals surface area contributed by atoms with Crippen LogP contribution in [0.3, 0.4) is 0 Å². The molecule has 2 aromatic heterocycles. The minimum atomic E-state index is -0.552. The third kappa shape index (κ3) is 2.68. The van der Waals surface area contributed by atoms with Crippen LogP contribution in [0.1, 0.15) is 30.0 Å². The summed E-state index contributed by atoms with van der Waals surface area (Å²) < 4.78 is 5.48. The fourth-order valence-corrected chi connectivity index (χ4v) is 2.36. The standard InChI is InChI=1S/C12H14N2O2S/c1-7-9(3)16-12(14-7)17-11-10(8(2)15)5-4-6-13-11/h4-6,8,15H,1-3H3. The van der Waals surface area contributed by atoms with Crippen molar-refractivity contribution < 1.29 is 9.52 Å². The summed E-state index contributed by atoms with van der Waals surface area (Å²) in [6.07, 6.45) is 1.14. The molecule has 0 saturated heterocycles. The topological polar surface area (TPSA) is 59.2 Å². The lowest BCUT2D eigenvalue weighted by Crippen LogP contribution is -1.95. The Kier molecular flexibility index (Phi) is 3.49. The normalized spacial score (nSPS) is 12.7. The number of rotatable bonds is 3. The molecule has 1 N–H and O–H groups in total. The molecule has 0 radical (unpaired) electrons. The van der Waals surface area contributed by atoms with Crippen molar-refractivity contribution in [3.8, 4) is 0 Å². The molecule has 5 heteroatoms. The zero-order valence-corrected chi connectivity index (χ0v) is 10.8. The molecule has 2 rings (SSSR count). The minimum absolute atomic E-state index is 0.552. The predicted molar refractivity (Wildman–Crippen MR) is 65.0 cm³/mol. The fourth-order valence-electron chi connectivity index (χ4n) is 1.38. The summed E-state index contributed by atoms with van der Waals surface area (Å²) >= 11 is 1.33. The molecule has 0 aromatic carbocycles. The Labute approximate surface area is 104 Å². The lowest BCUT2D eigenvalue weighted by Gasteiger charge is -2.07. The van der Waals surface area contributed by atoms with Crippen molar-refractivity contribution in [1.29, 1.82) is 0 Å². The van der Waals surface area contributed by atoms with Gasteiger partial charge in [0.25, 0.3) is 5.22 Å². The van der Waals surface area contributed by atoms with Crippen molar-refractivity contribution in [2.24, 2.45) is 0 Å². The van der Waals surface area contributed by atoms with Crippen molar-refractivity contribution in [2.45, 2.75) is 37.1 Å². The first-order valence-electron chi connectivity index (χ1n) is 5.33. The molecule has 1 unspecified atom stereocenters. The van der Waals surface area contributed by atoms with Crippen LogP contribution >= 0.6 is 11.8 Å².